The van der Waals surface area contributed by atoms with E-state index in [0.717, 1.165) is 29.7 Å². The first-order valence-electron chi connectivity index (χ1n) is 9.12. The van der Waals surface area contributed by atoms with Crippen LogP contribution in [0.15, 0.2) is 48.2 Å². The van der Waals surface area contributed by atoms with Crippen LogP contribution < -0.4 is 5.32 Å². The van der Waals surface area contributed by atoms with Gasteiger partial charge in [-0.05, 0) is 67.7 Å². The molecule has 2 aliphatic rings. The first-order valence-corrected chi connectivity index (χ1v) is 11.1. The molecule has 1 aromatic rings. The van der Waals surface area contributed by atoms with E-state index in [1.807, 2.05) is 24.3 Å². The number of rotatable bonds is 7. The first kappa shape index (κ1) is 21.7. The van der Waals surface area contributed by atoms with Gasteiger partial charge >= 0.3 is 5.97 Å². The summed E-state index contributed by atoms with van der Waals surface area (Å²) >= 11 is 20.0. The van der Waals surface area contributed by atoms with Gasteiger partial charge in [0.15, 0.2) is 0 Å². The molecule has 8 heteroatoms. The van der Waals surface area contributed by atoms with Gasteiger partial charge in [0.05, 0.1) is 6.10 Å². The number of carbonyl (C=O) groups is 1. The number of dihydropyridines is 1. The van der Waals surface area contributed by atoms with Crippen LogP contribution in [0, 0.1) is 11.8 Å². The van der Waals surface area contributed by atoms with E-state index in [0.29, 0.717) is 11.3 Å². The number of alkyl halides is 3. The van der Waals surface area contributed by atoms with Gasteiger partial charge in [0.2, 0.25) is 4.46 Å². The van der Waals surface area contributed by atoms with E-state index < -0.39 is 16.5 Å². The van der Waals surface area contributed by atoms with E-state index in [1.165, 1.54) is 11.3 Å². The molecule has 1 saturated carbocycles. The molecule has 4 atom stereocenters. The third-order valence-electron chi connectivity index (χ3n) is 5.11. The number of carboxylic acid groups (broad SMARTS) is 1. The summed E-state index contributed by atoms with van der Waals surface area (Å²) in [4.78, 5) is 12.4. The van der Waals surface area contributed by atoms with Crippen molar-refractivity contribution >= 4 is 52.1 Å². The van der Waals surface area contributed by atoms with Crippen molar-refractivity contribution in [3.05, 3.63) is 58.0 Å². The average Bonchev–Trinajstić information content (AvgIpc) is 3.18. The highest BCUT2D eigenvalue weighted by atomic mass is 35.5. The zero-order valence-electron chi connectivity index (χ0n) is 15.0. The lowest BCUT2D eigenvalue weighted by Gasteiger charge is -2.22. The van der Waals surface area contributed by atoms with Crippen molar-refractivity contribution < 1.29 is 15.0 Å². The number of thiophene rings is 1. The van der Waals surface area contributed by atoms with Crippen LogP contribution in [0.1, 0.15) is 33.8 Å². The zero-order chi connectivity index (χ0) is 20.3. The van der Waals surface area contributed by atoms with Crippen LogP contribution in [0.5, 0.6) is 0 Å². The molecule has 1 aromatic heterocycles. The smallest absolute Gasteiger partial charge is 0.345 e. The Balaban J connectivity index is 1.60. The second-order valence-corrected chi connectivity index (χ2v) is 10.2. The lowest BCUT2D eigenvalue weighted by Crippen LogP contribution is -2.29. The lowest BCUT2D eigenvalue weighted by molar-refractivity contribution is 0.0702. The minimum atomic E-state index is -1.13. The number of hydrogen-bond acceptors (Lipinski definition) is 4. The Hall–Kier alpha value is -0.980. The Bertz CT molecular complexity index is 802. The molecule has 0 radical (unpaired) electrons. The summed E-state index contributed by atoms with van der Waals surface area (Å²) < 4.78 is -1.13. The highest BCUT2D eigenvalue weighted by molar-refractivity contribution is 7.13. The van der Waals surface area contributed by atoms with E-state index in [4.69, 9.17) is 39.9 Å². The summed E-state index contributed by atoms with van der Waals surface area (Å²) in [6.07, 6.45) is 11.8. The number of nitrogens with one attached hydrogen (secondary N) is 1. The molecule has 1 aliphatic heterocycles. The van der Waals surface area contributed by atoms with Gasteiger partial charge in [-0.15, -0.1) is 22.9 Å². The molecule has 0 amide bonds. The van der Waals surface area contributed by atoms with Crippen molar-refractivity contribution in [2.24, 2.45) is 11.8 Å². The summed E-state index contributed by atoms with van der Waals surface area (Å²) in [5, 5.41) is 22.2. The van der Waals surface area contributed by atoms with Gasteiger partial charge in [0.25, 0.3) is 0 Å². The fourth-order valence-electron chi connectivity index (χ4n) is 3.75. The van der Waals surface area contributed by atoms with Gasteiger partial charge in [-0.25, -0.2) is 4.79 Å². The number of aliphatic hydroxyl groups excluding tert-OH is 1. The highest BCUT2D eigenvalue weighted by Gasteiger charge is 2.39. The highest BCUT2D eigenvalue weighted by Crippen LogP contribution is 2.40. The van der Waals surface area contributed by atoms with E-state index >= 15 is 0 Å². The third kappa shape index (κ3) is 5.55. The molecule has 1 fully saturated rings. The Morgan fingerprint density at radius 1 is 1.39 bits per heavy atom. The Labute approximate surface area is 183 Å². The van der Waals surface area contributed by atoms with E-state index in [2.05, 4.69) is 5.32 Å². The third-order valence-corrected chi connectivity index (χ3v) is 7.18. The number of halogens is 3. The number of allylic oxidation sites excluding steroid dienone is 3. The fraction of sp³-hybridized carbons (Fsp3) is 0.450. The molecule has 152 valence electrons. The van der Waals surface area contributed by atoms with Gasteiger partial charge in [0.1, 0.15) is 4.88 Å². The minimum Gasteiger partial charge on any atom is -0.477 e. The van der Waals surface area contributed by atoms with Crippen molar-refractivity contribution in [3.8, 4) is 0 Å². The van der Waals surface area contributed by atoms with E-state index in [-0.39, 0.29) is 17.2 Å². The standard InChI is InChI=1S/C20H22Cl3NO3S/c21-16-10-17(25)15(6-4-12-8-9-24-20(22,23)11-12)14(16)3-1-2-13-5-7-18(28-13)19(26)27/h4-9,11,14-17,24-25H,1-3,10H2,(H,26,27)/b6-4+/t14-,15-,16-,17-/m1/s1. The molecule has 0 bridgehead atoms. The second kappa shape index (κ2) is 9.23. The van der Waals surface area contributed by atoms with Crippen LogP contribution in [-0.4, -0.2) is 32.1 Å². The quantitative estimate of drug-likeness (QED) is 0.389. The lowest BCUT2D eigenvalue weighted by atomic mass is 9.89. The molecule has 4 nitrogen and oxygen atoms in total. The minimum absolute atomic E-state index is 0.0374. The molecule has 0 aromatic carbocycles. The average molecular weight is 463 g/mol. The van der Waals surface area contributed by atoms with Crippen molar-refractivity contribution in [2.45, 2.75) is 41.6 Å². The summed E-state index contributed by atoms with van der Waals surface area (Å²) in [6, 6.07) is 3.51. The summed E-state index contributed by atoms with van der Waals surface area (Å²) in [6.45, 7) is 0. The van der Waals surface area contributed by atoms with Gasteiger partial charge in [-0.1, -0.05) is 35.4 Å². The Kier molecular flexibility index (Phi) is 7.16. The van der Waals surface area contributed by atoms with Crippen LogP contribution in [-0.2, 0) is 6.42 Å². The predicted octanol–water partition coefficient (Wildman–Crippen LogP) is 5.10. The van der Waals surface area contributed by atoms with Crippen molar-refractivity contribution in [2.75, 3.05) is 0 Å². The number of aryl methyl sites for hydroxylation is 1. The maximum Gasteiger partial charge on any atom is 0.345 e. The number of hydrogen-bond donors (Lipinski definition) is 3. The summed E-state index contributed by atoms with van der Waals surface area (Å²) in [5.74, 6) is -0.764. The van der Waals surface area contributed by atoms with Crippen LogP contribution in [0.25, 0.3) is 0 Å². The molecule has 1 aliphatic carbocycles. The summed E-state index contributed by atoms with van der Waals surface area (Å²) in [5.41, 5.74) is 0.868. The molecule has 0 saturated heterocycles. The van der Waals surface area contributed by atoms with Crippen molar-refractivity contribution in [1.29, 1.82) is 0 Å². The monoisotopic (exact) mass is 461 g/mol. The van der Waals surface area contributed by atoms with Crippen molar-refractivity contribution in [3.63, 3.8) is 0 Å². The van der Waals surface area contributed by atoms with Gasteiger partial charge in [0, 0.05) is 16.2 Å². The largest absolute Gasteiger partial charge is 0.477 e. The van der Waals surface area contributed by atoms with Crippen LogP contribution >= 0.6 is 46.1 Å². The molecule has 2 heterocycles. The van der Waals surface area contributed by atoms with Gasteiger partial charge in [-0.3, -0.25) is 0 Å². The molecule has 3 rings (SSSR count). The number of carboxylic acids is 1. The Morgan fingerprint density at radius 3 is 2.86 bits per heavy atom. The second-order valence-electron chi connectivity index (χ2n) is 7.13. The van der Waals surface area contributed by atoms with E-state index in [1.54, 1.807) is 18.3 Å². The van der Waals surface area contributed by atoms with Gasteiger partial charge in [-0.2, -0.15) is 0 Å². The first-order chi connectivity index (χ1) is 13.2. The predicted molar refractivity (Wildman–Crippen MR) is 115 cm³/mol. The van der Waals surface area contributed by atoms with Crippen molar-refractivity contribution in [1.82, 2.24) is 5.32 Å². The Morgan fingerprint density at radius 2 is 2.18 bits per heavy atom. The molecule has 3 N–H and O–H groups in total. The fourth-order valence-corrected chi connectivity index (χ4v) is 5.49. The van der Waals surface area contributed by atoms with Gasteiger partial charge < -0.3 is 15.5 Å². The molecule has 28 heavy (non-hydrogen) atoms. The molecular weight excluding hydrogens is 441 g/mol. The maximum absolute atomic E-state index is 11.0. The van der Waals surface area contributed by atoms with Crippen LogP contribution in [0.2, 0.25) is 0 Å². The molecule has 0 spiro atoms. The zero-order valence-corrected chi connectivity index (χ0v) is 18.1. The normalized spacial score (nSPS) is 29.1. The maximum atomic E-state index is 11.0. The van der Waals surface area contributed by atoms with Crippen LogP contribution in [0.3, 0.4) is 0 Å². The van der Waals surface area contributed by atoms with E-state index in [9.17, 15) is 9.90 Å². The topological polar surface area (TPSA) is 69.6 Å². The summed E-state index contributed by atoms with van der Waals surface area (Å²) in [7, 11) is 0. The number of aliphatic hydroxyl groups is 1. The number of aromatic carboxylic acids is 1. The molecular formula is C20H22Cl3NO3S. The molecule has 0 unspecified atom stereocenters. The SMILES string of the molecule is O=C(O)c1ccc(CCC[C@@H]2[C@@H](/C=C/C3=CC(Cl)(Cl)NC=C3)[C@H](O)C[C@H]2Cl)s1. The van der Waals surface area contributed by atoms with Crippen LogP contribution in [0.4, 0.5) is 0 Å².